The van der Waals surface area contributed by atoms with E-state index < -0.39 is 0 Å². The van der Waals surface area contributed by atoms with Crippen LogP contribution in [0.4, 0.5) is 15.8 Å². The third kappa shape index (κ3) is 4.71. The second-order valence-corrected chi connectivity index (χ2v) is 6.80. The molecule has 0 bridgehead atoms. The Kier molecular flexibility index (Phi) is 5.86. The van der Waals surface area contributed by atoms with Crippen molar-refractivity contribution in [2.75, 3.05) is 36.4 Å². The Morgan fingerprint density at radius 3 is 2.11 bits per heavy atom. The Labute approximate surface area is 158 Å². The molecule has 142 valence electrons. The SMILES string of the molecule is CC(=O)c1ccc(NC(=O)[C@H](C)N2CCN(c3ccc(F)cc3)CC2)cc1. The zero-order valence-corrected chi connectivity index (χ0v) is 15.6. The average molecular weight is 369 g/mol. The van der Waals surface area contributed by atoms with Crippen molar-refractivity contribution in [2.45, 2.75) is 19.9 Å². The zero-order chi connectivity index (χ0) is 19.4. The first-order valence-electron chi connectivity index (χ1n) is 9.10. The fraction of sp³-hybridized carbons (Fsp3) is 0.333. The van der Waals surface area contributed by atoms with Gasteiger partial charge in [0.25, 0.3) is 0 Å². The van der Waals surface area contributed by atoms with Crippen molar-refractivity contribution >= 4 is 23.1 Å². The van der Waals surface area contributed by atoms with Crippen LogP contribution in [0.3, 0.4) is 0 Å². The molecule has 1 amide bonds. The van der Waals surface area contributed by atoms with Crippen LogP contribution in [-0.4, -0.2) is 48.8 Å². The molecule has 27 heavy (non-hydrogen) atoms. The molecule has 5 nitrogen and oxygen atoms in total. The number of carbonyl (C=O) groups is 2. The van der Waals surface area contributed by atoms with Gasteiger partial charge in [0, 0.05) is 43.1 Å². The lowest BCUT2D eigenvalue weighted by molar-refractivity contribution is -0.120. The summed E-state index contributed by atoms with van der Waals surface area (Å²) < 4.78 is 13.1. The molecule has 0 radical (unpaired) electrons. The minimum Gasteiger partial charge on any atom is -0.369 e. The number of hydrogen-bond acceptors (Lipinski definition) is 4. The van der Waals surface area contributed by atoms with Crippen LogP contribution in [0.1, 0.15) is 24.2 Å². The van der Waals surface area contributed by atoms with Crippen LogP contribution < -0.4 is 10.2 Å². The Bertz CT molecular complexity index is 797. The van der Waals surface area contributed by atoms with Gasteiger partial charge in [-0.1, -0.05) is 0 Å². The highest BCUT2D eigenvalue weighted by Crippen LogP contribution is 2.18. The summed E-state index contributed by atoms with van der Waals surface area (Å²) in [6.07, 6.45) is 0. The molecule has 0 saturated carbocycles. The molecule has 1 atom stereocenters. The summed E-state index contributed by atoms with van der Waals surface area (Å²) in [6, 6.07) is 13.2. The molecule has 0 aliphatic carbocycles. The van der Waals surface area contributed by atoms with Crippen molar-refractivity contribution in [1.29, 1.82) is 0 Å². The monoisotopic (exact) mass is 369 g/mol. The second-order valence-electron chi connectivity index (χ2n) is 6.80. The van der Waals surface area contributed by atoms with E-state index in [1.54, 1.807) is 36.4 Å². The molecular weight excluding hydrogens is 345 g/mol. The van der Waals surface area contributed by atoms with Crippen molar-refractivity contribution in [1.82, 2.24) is 4.90 Å². The van der Waals surface area contributed by atoms with Gasteiger partial charge in [-0.05, 0) is 62.4 Å². The van der Waals surface area contributed by atoms with E-state index in [0.717, 1.165) is 31.9 Å². The topological polar surface area (TPSA) is 52.7 Å². The molecule has 1 fully saturated rings. The van der Waals surface area contributed by atoms with Crippen LogP contribution >= 0.6 is 0 Å². The Morgan fingerprint density at radius 2 is 1.56 bits per heavy atom. The second kappa shape index (κ2) is 8.31. The van der Waals surface area contributed by atoms with Gasteiger partial charge in [-0.15, -0.1) is 0 Å². The largest absolute Gasteiger partial charge is 0.369 e. The Hall–Kier alpha value is -2.73. The maximum atomic E-state index is 13.1. The van der Waals surface area contributed by atoms with E-state index >= 15 is 0 Å². The smallest absolute Gasteiger partial charge is 0.241 e. The lowest BCUT2D eigenvalue weighted by Gasteiger charge is -2.38. The molecule has 0 spiro atoms. The first-order valence-corrected chi connectivity index (χ1v) is 9.10. The lowest BCUT2D eigenvalue weighted by Crippen LogP contribution is -2.52. The number of carbonyl (C=O) groups excluding carboxylic acids is 2. The number of anilines is 2. The molecule has 1 aliphatic heterocycles. The highest BCUT2D eigenvalue weighted by molar-refractivity contribution is 5.97. The van der Waals surface area contributed by atoms with Gasteiger partial charge in [0.2, 0.25) is 5.91 Å². The van der Waals surface area contributed by atoms with Gasteiger partial charge in [-0.2, -0.15) is 0 Å². The molecule has 2 aromatic rings. The van der Waals surface area contributed by atoms with Gasteiger partial charge in [0.05, 0.1) is 6.04 Å². The quantitative estimate of drug-likeness (QED) is 0.823. The van der Waals surface area contributed by atoms with Crippen LogP contribution in [0.15, 0.2) is 48.5 Å². The summed E-state index contributed by atoms with van der Waals surface area (Å²) in [4.78, 5) is 28.2. The lowest BCUT2D eigenvalue weighted by atomic mass is 10.1. The molecule has 1 N–H and O–H groups in total. The number of benzene rings is 2. The average Bonchev–Trinajstić information content (AvgIpc) is 2.68. The van der Waals surface area contributed by atoms with Crippen molar-refractivity contribution in [2.24, 2.45) is 0 Å². The number of rotatable bonds is 5. The minimum absolute atomic E-state index is 0.000250. The number of halogens is 1. The number of nitrogens with one attached hydrogen (secondary N) is 1. The zero-order valence-electron chi connectivity index (χ0n) is 15.6. The van der Waals surface area contributed by atoms with Crippen molar-refractivity contribution in [3.63, 3.8) is 0 Å². The summed E-state index contributed by atoms with van der Waals surface area (Å²) >= 11 is 0. The predicted molar refractivity (Wildman–Crippen MR) is 105 cm³/mol. The first-order chi connectivity index (χ1) is 12.9. The van der Waals surface area contributed by atoms with E-state index in [-0.39, 0.29) is 23.5 Å². The molecule has 1 aliphatic rings. The highest BCUT2D eigenvalue weighted by atomic mass is 19.1. The van der Waals surface area contributed by atoms with Crippen LogP contribution in [-0.2, 0) is 4.79 Å². The molecule has 1 saturated heterocycles. The van der Waals surface area contributed by atoms with Crippen LogP contribution in [0, 0.1) is 5.82 Å². The summed E-state index contributed by atoms with van der Waals surface area (Å²) in [7, 11) is 0. The van der Waals surface area contributed by atoms with Gasteiger partial charge < -0.3 is 10.2 Å². The van der Waals surface area contributed by atoms with Crippen LogP contribution in [0.5, 0.6) is 0 Å². The summed E-state index contributed by atoms with van der Waals surface area (Å²) in [5, 5.41) is 2.91. The van der Waals surface area contributed by atoms with E-state index in [1.807, 2.05) is 6.92 Å². The van der Waals surface area contributed by atoms with Crippen molar-refractivity contribution in [3.8, 4) is 0 Å². The Morgan fingerprint density at radius 1 is 0.963 bits per heavy atom. The minimum atomic E-state index is -0.257. The predicted octanol–water partition coefficient (Wildman–Crippen LogP) is 3.18. The summed E-state index contributed by atoms with van der Waals surface area (Å²) in [6.45, 7) is 6.51. The number of ketones is 1. The summed E-state index contributed by atoms with van der Waals surface area (Å²) in [5.74, 6) is -0.305. The third-order valence-corrected chi connectivity index (χ3v) is 4.99. The van der Waals surface area contributed by atoms with Gasteiger partial charge in [-0.3, -0.25) is 14.5 Å². The maximum absolute atomic E-state index is 13.1. The Balaban J connectivity index is 1.53. The van der Waals surface area contributed by atoms with E-state index in [0.29, 0.717) is 11.3 Å². The van der Waals surface area contributed by atoms with Crippen molar-refractivity contribution < 1.29 is 14.0 Å². The molecule has 1 heterocycles. The van der Waals surface area contributed by atoms with E-state index in [2.05, 4.69) is 15.1 Å². The maximum Gasteiger partial charge on any atom is 0.241 e. The van der Waals surface area contributed by atoms with Crippen LogP contribution in [0.25, 0.3) is 0 Å². The molecule has 3 rings (SSSR count). The van der Waals surface area contributed by atoms with E-state index in [9.17, 15) is 14.0 Å². The van der Waals surface area contributed by atoms with Gasteiger partial charge in [0.1, 0.15) is 5.82 Å². The number of hydrogen-bond donors (Lipinski definition) is 1. The van der Waals surface area contributed by atoms with Crippen molar-refractivity contribution in [3.05, 3.63) is 59.9 Å². The molecule has 0 unspecified atom stereocenters. The number of piperazine rings is 1. The van der Waals surface area contributed by atoms with Gasteiger partial charge >= 0.3 is 0 Å². The molecular formula is C21H24FN3O2. The van der Waals surface area contributed by atoms with E-state index in [1.165, 1.54) is 19.1 Å². The van der Waals surface area contributed by atoms with Crippen LogP contribution in [0.2, 0.25) is 0 Å². The number of amides is 1. The molecule has 2 aromatic carbocycles. The highest BCUT2D eigenvalue weighted by Gasteiger charge is 2.25. The van der Waals surface area contributed by atoms with E-state index in [4.69, 9.17) is 0 Å². The fourth-order valence-corrected chi connectivity index (χ4v) is 3.22. The molecule has 0 aromatic heterocycles. The summed E-state index contributed by atoms with van der Waals surface area (Å²) in [5.41, 5.74) is 2.30. The normalized spacial score (nSPS) is 16.0. The van der Waals surface area contributed by atoms with Gasteiger partial charge in [0.15, 0.2) is 5.78 Å². The number of Topliss-reactive ketones (excluding diaryl/α,β-unsaturated/α-hetero) is 1. The first kappa shape index (κ1) is 19.0. The number of nitrogens with zero attached hydrogens (tertiary/aromatic N) is 2. The fourth-order valence-electron chi connectivity index (χ4n) is 3.22. The van der Waals surface area contributed by atoms with Gasteiger partial charge in [-0.25, -0.2) is 4.39 Å². The third-order valence-electron chi connectivity index (χ3n) is 4.99. The molecule has 6 heteroatoms. The standard InChI is InChI=1S/C21H24FN3O2/c1-15(21(27)23-19-7-3-17(4-8-19)16(2)26)24-11-13-25(14-12-24)20-9-5-18(22)6-10-20/h3-10,15H,11-14H2,1-2H3,(H,23,27)/t15-/m0/s1.